The number of aryl methyl sites for hydroxylation is 1. The Kier molecular flexibility index (Phi) is 3.09. The van der Waals surface area contributed by atoms with Crippen molar-refractivity contribution in [3.63, 3.8) is 0 Å². The fraction of sp³-hybridized carbons (Fsp3) is 0.267. The van der Waals surface area contributed by atoms with Crippen molar-refractivity contribution in [3.05, 3.63) is 53.3 Å². The van der Waals surface area contributed by atoms with Crippen molar-refractivity contribution in [1.29, 1.82) is 0 Å². The first-order chi connectivity index (χ1) is 9.25. The minimum atomic E-state index is -0.260. The van der Waals surface area contributed by atoms with Crippen LogP contribution in [-0.2, 0) is 0 Å². The highest BCUT2D eigenvalue weighted by Crippen LogP contribution is 2.37. The van der Waals surface area contributed by atoms with Gasteiger partial charge in [-0.1, -0.05) is 18.2 Å². The number of hydrogen-bond donors (Lipinski definition) is 1. The van der Waals surface area contributed by atoms with E-state index < -0.39 is 0 Å². The zero-order valence-electron chi connectivity index (χ0n) is 10.8. The number of rotatable bonds is 2. The normalized spacial score (nSPS) is 15.1. The third-order valence-corrected chi connectivity index (χ3v) is 3.19. The van der Waals surface area contributed by atoms with Gasteiger partial charge in [0.1, 0.15) is 13.2 Å². The van der Waals surface area contributed by atoms with Gasteiger partial charge in [0.15, 0.2) is 11.5 Å². The Hall–Kier alpha value is -2.07. The molecule has 1 aliphatic heterocycles. The Bertz CT molecular complexity index is 598. The molecule has 2 aromatic rings. The minimum Gasteiger partial charge on any atom is -0.486 e. The van der Waals surface area contributed by atoms with E-state index in [9.17, 15) is 0 Å². The first-order valence-electron chi connectivity index (χ1n) is 6.31. The Morgan fingerprint density at radius 3 is 2.89 bits per heavy atom. The number of ether oxygens (including phenoxy) is 2. The average molecular weight is 256 g/mol. The number of benzene rings is 1. The number of aromatic nitrogens is 1. The van der Waals surface area contributed by atoms with Crippen LogP contribution in [0.2, 0.25) is 0 Å². The zero-order chi connectivity index (χ0) is 13.2. The van der Waals surface area contributed by atoms with Crippen molar-refractivity contribution < 1.29 is 9.47 Å². The van der Waals surface area contributed by atoms with Crippen LogP contribution >= 0.6 is 0 Å². The van der Waals surface area contributed by atoms with Gasteiger partial charge < -0.3 is 15.2 Å². The molecule has 4 heteroatoms. The smallest absolute Gasteiger partial charge is 0.166 e. The lowest BCUT2D eigenvalue weighted by molar-refractivity contribution is 0.169. The van der Waals surface area contributed by atoms with Gasteiger partial charge >= 0.3 is 0 Å². The molecule has 4 nitrogen and oxygen atoms in total. The van der Waals surface area contributed by atoms with Gasteiger partial charge in [0.25, 0.3) is 0 Å². The van der Waals surface area contributed by atoms with Gasteiger partial charge in [-0.3, -0.25) is 4.98 Å². The fourth-order valence-corrected chi connectivity index (χ4v) is 2.27. The van der Waals surface area contributed by atoms with Crippen LogP contribution in [0, 0.1) is 6.92 Å². The summed E-state index contributed by atoms with van der Waals surface area (Å²) < 4.78 is 11.3. The van der Waals surface area contributed by atoms with Crippen molar-refractivity contribution in [2.75, 3.05) is 13.2 Å². The maximum atomic E-state index is 6.33. The van der Waals surface area contributed by atoms with Crippen molar-refractivity contribution in [2.45, 2.75) is 13.0 Å². The molecule has 0 spiro atoms. The van der Waals surface area contributed by atoms with Crippen LogP contribution in [0.5, 0.6) is 11.5 Å². The molecule has 1 unspecified atom stereocenters. The van der Waals surface area contributed by atoms with Crippen molar-refractivity contribution in [1.82, 2.24) is 4.98 Å². The topological polar surface area (TPSA) is 57.4 Å². The Labute approximate surface area is 112 Å². The molecule has 0 aliphatic carbocycles. The summed E-state index contributed by atoms with van der Waals surface area (Å²) in [5.74, 6) is 1.52. The summed E-state index contributed by atoms with van der Waals surface area (Å²) in [5, 5.41) is 0. The largest absolute Gasteiger partial charge is 0.486 e. The predicted molar refractivity (Wildman–Crippen MR) is 72.4 cm³/mol. The lowest BCUT2D eigenvalue weighted by Gasteiger charge is -2.23. The lowest BCUT2D eigenvalue weighted by atomic mass is 9.98. The van der Waals surface area contributed by atoms with E-state index in [2.05, 4.69) is 4.98 Å². The molecule has 0 saturated carbocycles. The molecule has 0 bridgehead atoms. The summed E-state index contributed by atoms with van der Waals surface area (Å²) in [7, 11) is 0. The first-order valence-corrected chi connectivity index (χ1v) is 6.31. The third kappa shape index (κ3) is 2.27. The van der Waals surface area contributed by atoms with Crippen LogP contribution < -0.4 is 15.2 Å². The molecule has 2 heterocycles. The SMILES string of the molecule is Cc1cncc(C(N)c2cccc3c2OCCO3)c1. The summed E-state index contributed by atoms with van der Waals surface area (Å²) in [6, 6.07) is 7.59. The molecule has 2 N–H and O–H groups in total. The summed E-state index contributed by atoms with van der Waals surface area (Å²) in [4.78, 5) is 4.19. The van der Waals surface area contributed by atoms with Crippen LogP contribution in [0.25, 0.3) is 0 Å². The molecule has 0 amide bonds. The number of pyridine rings is 1. The van der Waals surface area contributed by atoms with E-state index in [1.807, 2.05) is 37.4 Å². The average Bonchev–Trinajstić information content (AvgIpc) is 2.46. The van der Waals surface area contributed by atoms with E-state index in [-0.39, 0.29) is 6.04 Å². The molecule has 1 aromatic heterocycles. The molecular weight excluding hydrogens is 240 g/mol. The summed E-state index contributed by atoms with van der Waals surface area (Å²) in [5.41, 5.74) is 9.34. The van der Waals surface area contributed by atoms with Gasteiger partial charge in [0.05, 0.1) is 6.04 Å². The molecule has 1 atom stereocenters. The standard InChI is InChI=1S/C15H16N2O2/c1-10-7-11(9-17-8-10)14(16)12-3-2-4-13-15(12)19-6-5-18-13/h2-4,7-9,14H,5-6,16H2,1H3. The van der Waals surface area contributed by atoms with E-state index in [0.717, 1.165) is 28.2 Å². The van der Waals surface area contributed by atoms with Crippen LogP contribution in [0.4, 0.5) is 0 Å². The van der Waals surface area contributed by atoms with Gasteiger partial charge in [-0.2, -0.15) is 0 Å². The molecule has 0 radical (unpaired) electrons. The second-order valence-electron chi connectivity index (χ2n) is 4.64. The predicted octanol–water partition coefficient (Wildman–Crippen LogP) is 2.21. The molecule has 0 fully saturated rings. The van der Waals surface area contributed by atoms with Crippen molar-refractivity contribution in [3.8, 4) is 11.5 Å². The summed E-state index contributed by atoms with van der Waals surface area (Å²) >= 11 is 0. The van der Waals surface area contributed by atoms with Crippen LogP contribution in [0.3, 0.4) is 0 Å². The molecule has 98 valence electrons. The molecule has 1 aliphatic rings. The van der Waals surface area contributed by atoms with Crippen molar-refractivity contribution >= 4 is 0 Å². The van der Waals surface area contributed by atoms with Gasteiger partial charge in [0, 0.05) is 18.0 Å². The van der Waals surface area contributed by atoms with Gasteiger partial charge in [-0.05, 0) is 24.1 Å². The molecular formula is C15H16N2O2. The second kappa shape index (κ2) is 4.90. The Morgan fingerprint density at radius 1 is 1.21 bits per heavy atom. The lowest BCUT2D eigenvalue weighted by Crippen LogP contribution is -2.20. The second-order valence-corrected chi connectivity index (χ2v) is 4.64. The monoisotopic (exact) mass is 256 g/mol. The number of nitrogens with zero attached hydrogens (tertiary/aromatic N) is 1. The highest BCUT2D eigenvalue weighted by atomic mass is 16.6. The Balaban J connectivity index is 2.02. The van der Waals surface area contributed by atoms with Crippen LogP contribution in [0.1, 0.15) is 22.7 Å². The zero-order valence-corrected chi connectivity index (χ0v) is 10.8. The van der Waals surface area contributed by atoms with E-state index in [0.29, 0.717) is 13.2 Å². The van der Waals surface area contributed by atoms with Crippen LogP contribution in [-0.4, -0.2) is 18.2 Å². The van der Waals surface area contributed by atoms with E-state index in [1.54, 1.807) is 6.20 Å². The highest BCUT2D eigenvalue weighted by Gasteiger charge is 2.20. The molecule has 19 heavy (non-hydrogen) atoms. The summed E-state index contributed by atoms with van der Waals surface area (Å²) in [6.07, 6.45) is 3.61. The van der Waals surface area contributed by atoms with Gasteiger partial charge in [-0.25, -0.2) is 0 Å². The highest BCUT2D eigenvalue weighted by molar-refractivity contribution is 5.51. The van der Waals surface area contributed by atoms with E-state index in [1.165, 1.54) is 0 Å². The minimum absolute atomic E-state index is 0.260. The number of para-hydroxylation sites is 1. The number of hydrogen-bond acceptors (Lipinski definition) is 4. The number of nitrogens with two attached hydrogens (primary N) is 1. The fourth-order valence-electron chi connectivity index (χ4n) is 2.27. The molecule has 0 saturated heterocycles. The molecule has 3 rings (SSSR count). The van der Waals surface area contributed by atoms with E-state index in [4.69, 9.17) is 15.2 Å². The van der Waals surface area contributed by atoms with Gasteiger partial charge in [0.2, 0.25) is 0 Å². The third-order valence-electron chi connectivity index (χ3n) is 3.19. The quantitative estimate of drug-likeness (QED) is 0.895. The number of fused-ring (bicyclic) bond motifs is 1. The first kappa shape index (κ1) is 12.0. The maximum absolute atomic E-state index is 6.33. The Morgan fingerprint density at radius 2 is 2.05 bits per heavy atom. The molecule has 1 aromatic carbocycles. The summed E-state index contributed by atoms with van der Waals surface area (Å²) in [6.45, 7) is 3.14. The van der Waals surface area contributed by atoms with E-state index >= 15 is 0 Å². The van der Waals surface area contributed by atoms with Crippen molar-refractivity contribution in [2.24, 2.45) is 5.73 Å². The van der Waals surface area contributed by atoms with Gasteiger partial charge in [-0.15, -0.1) is 0 Å². The van der Waals surface area contributed by atoms with Crippen LogP contribution in [0.15, 0.2) is 36.7 Å². The maximum Gasteiger partial charge on any atom is 0.166 e.